The molecular formula is C10H8FN3O2. The summed E-state index contributed by atoms with van der Waals surface area (Å²) in [5.41, 5.74) is 6.43. The summed E-state index contributed by atoms with van der Waals surface area (Å²) in [7, 11) is 0. The lowest BCUT2D eigenvalue weighted by Crippen LogP contribution is -1.95. The van der Waals surface area contributed by atoms with Gasteiger partial charge in [-0.2, -0.15) is 0 Å². The van der Waals surface area contributed by atoms with E-state index in [1.54, 1.807) is 0 Å². The SMILES string of the molecule is Nc1ncc(F)cc1-c1c[nH]c(C(=O)O)c1. The number of pyridine rings is 1. The Bertz CT molecular complexity index is 551. The minimum Gasteiger partial charge on any atom is -0.477 e. The molecule has 0 saturated carbocycles. The van der Waals surface area contributed by atoms with Gasteiger partial charge < -0.3 is 15.8 Å². The molecule has 0 aliphatic rings. The van der Waals surface area contributed by atoms with Gasteiger partial charge in [-0.05, 0) is 12.1 Å². The van der Waals surface area contributed by atoms with E-state index < -0.39 is 11.8 Å². The van der Waals surface area contributed by atoms with Crippen LogP contribution in [0.3, 0.4) is 0 Å². The van der Waals surface area contributed by atoms with E-state index in [9.17, 15) is 9.18 Å². The van der Waals surface area contributed by atoms with E-state index >= 15 is 0 Å². The summed E-state index contributed by atoms with van der Waals surface area (Å²) in [6.07, 6.45) is 2.44. The van der Waals surface area contributed by atoms with Gasteiger partial charge in [0.05, 0.1) is 6.20 Å². The molecule has 0 spiro atoms. The summed E-state index contributed by atoms with van der Waals surface area (Å²) in [4.78, 5) is 16.8. The number of aromatic amines is 1. The molecule has 0 aromatic carbocycles. The number of anilines is 1. The van der Waals surface area contributed by atoms with Gasteiger partial charge in [-0.1, -0.05) is 0 Å². The van der Waals surface area contributed by atoms with E-state index in [2.05, 4.69) is 9.97 Å². The van der Waals surface area contributed by atoms with Gasteiger partial charge in [0.25, 0.3) is 0 Å². The molecule has 0 saturated heterocycles. The van der Waals surface area contributed by atoms with Crippen LogP contribution in [0.15, 0.2) is 24.5 Å². The van der Waals surface area contributed by atoms with Crippen LogP contribution in [0.2, 0.25) is 0 Å². The molecule has 2 aromatic heterocycles. The monoisotopic (exact) mass is 221 g/mol. The number of hydrogen-bond acceptors (Lipinski definition) is 3. The molecule has 0 bridgehead atoms. The standard InChI is InChI=1S/C10H8FN3O2/c11-6-2-7(9(12)14-4-6)5-1-8(10(15)16)13-3-5/h1-4,13H,(H2,12,14)(H,15,16). The lowest BCUT2D eigenvalue weighted by Gasteiger charge is -2.01. The van der Waals surface area contributed by atoms with Crippen LogP contribution in [0.1, 0.15) is 10.5 Å². The number of rotatable bonds is 2. The van der Waals surface area contributed by atoms with E-state index in [0.29, 0.717) is 11.1 Å². The fraction of sp³-hybridized carbons (Fsp3) is 0. The van der Waals surface area contributed by atoms with E-state index in [-0.39, 0.29) is 11.5 Å². The highest BCUT2D eigenvalue weighted by molar-refractivity contribution is 5.88. The van der Waals surface area contributed by atoms with Crippen molar-refractivity contribution in [3.8, 4) is 11.1 Å². The number of H-pyrrole nitrogens is 1. The van der Waals surface area contributed by atoms with Crippen molar-refractivity contribution in [2.45, 2.75) is 0 Å². The molecule has 2 aromatic rings. The summed E-state index contributed by atoms with van der Waals surface area (Å²) in [6, 6.07) is 2.58. The summed E-state index contributed by atoms with van der Waals surface area (Å²) < 4.78 is 13.0. The number of aromatic carboxylic acids is 1. The molecule has 16 heavy (non-hydrogen) atoms. The van der Waals surface area contributed by atoms with Gasteiger partial charge in [0.2, 0.25) is 0 Å². The zero-order valence-electron chi connectivity index (χ0n) is 8.07. The fourth-order valence-electron chi connectivity index (χ4n) is 1.35. The van der Waals surface area contributed by atoms with Crippen molar-refractivity contribution in [3.05, 3.63) is 36.0 Å². The first kappa shape index (κ1) is 10.2. The maximum absolute atomic E-state index is 13.0. The van der Waals surface area contributed by atoms with Gasteiger partial charge in [-0.15, -0.1) is 0 Å². The predicted octanol–water partition coefficient (Wildman–Crippen LogP) is 1.50. The Morgan fingerprint density at radius 2 is 2.25 bits per heavy atom. The van der Waals surface area contributed by atoms with Crippen molar-refractivity contribution in [1.29, 1.82) is 0 Å². The summed E-state index contributed by atoms with van der Waals surface area (Å²) >= 11 is 0. The molecule has 0 aliphatic carbocycles. The van der Waals surface area contributed by atoms with Crippen LogP contribution >= 0.6 is 0 Å². The minimum absolute atomic E-state index is 0.0126. The third-order valence-corrected chi connectivity index (χ3v) is 2.11. The Balaban J connectivity index is 2.50. The lowest BCUT2D eigenvalue weighted by atomic mass is 10.1. The minimum atomic E-state index is -1.09. The van der Waals surface area contributed by atoms with Gasteiger partial charge in [0, 0.05) is 17.3 Å². The number of carbonyl (C=O) groups is 1. The van der Waals surface area contributed by atoms with E-state index in [1.807, 2.05) is 0 Å². The average molecular weight is 221 g/mol. The van der Waals surface area contributed by atoms with Gasteiger partial charge in [-0.25, -0.2) is 14.2 Å². The molecule has 4 N–H and O–H groups in total. The molecule has 82 valence electrons. The van der Waals surface area contributed by atoms with Gasteiger partial charge in [0.1, 0.15) is 17.3 Å². The van der Waals surface area contributed by atoms with Crippen LogP contribution < -0.4 is 5.73 Å². The molecule has 0 aliphatic heterocycles. The normalized spacial score (nSPS) is 10.3. The average Bonchev–Trinajstić information content (AvgIpc) is 2.70. The number of hydrogen-bond donors (Lipinski definition) is 3. The molecule has 2 heterocycles. The number of nitrogens with two attached hydrogens (primary N) is 1. The van der Waals surface area contributed by atoms with Crippen LogP contribution in [0.25, 0.3) is 11.1 Å². The van der Waals surface area contributed by atoms with Crippen molar-refractivity contribution in [2.75, 3.05) is 5.73 Å². The molecule has 0 unspecified atom stereocenters. The van der Waals surface area contributed by atoms with Crippen LogP contribution in [0.5, 0.6) is 0 Å². The van der Waals surface area contributed by atoms with E-state index in [1.165, 1.54) is 18.3 Å². The molecule has 5 nitrogen and oxygen atoms in total. The largest absolute Gasteiger partial charge is 0.477 e. The molecule has 0 atom stereocenters. The van der Waals surface area contributed by atoms with E-state index in [0.717, 1.165) is 6.20 Å². The Morgan fingerprint density at radius 3 is 2.88 bits per heavy atom. The van der Waals surface area contributed by atoms with Crippen LogP contribution in [0.4, 0.5) is 10.2 Å². The first-order chi connectivity index (χ1) is 7.58. The lowest BCUT2D eigenvalue weighted by molar-refractivity contribution is 0.0691. The van der Waals surface area contributed by atoms with Gasteiger partial charge >= 0.3 is 5.97 Å². The highest BCUT2D eigenvalue weighted by Gasteiger charge is 2.10. The predicted molar refractivity (Wildman–Crippen MR) is 55.4 cm³/mol. The Labute approximate surface area is 89.7 Å². The Hall–Kier alpha value is -2.37. The summed E-state index contributed by atoms with van der Waals surface area (Å²) in [5.74, 6) is -1.46. The van der Waals surface area contributed by atoms with Gasteiger partial charge in [-0.3, -0.25) is 0 Å². The number of carboxylic acid groups (broad SMARTS) is 1. The number of carboxylic acids is 1. The number of halogens is 1. The third-order valence-electron chi connectivity index (χ3n) is 2.11. The molecule has 0 fully saturated rings. The maximum Gasteiger partial charge on any atom is 0.352 e. The quantitative estimate of drug-likeness (QED) is 0.716. The first-order valence-electron chi connectivity index (χ1n) is 4.41. The van der Waals surface area contributed by atoms with E-state index in [4.69, 9.17) is 10.8 Å². The highest BCUT2D eigenvalue weighted by Crippen LogP contribution is 2.25. The maximum atomic E-state index is 13.0. The number of aromatic nitrogens is 2. The van der Waals surface area contributed by atoms with Crippen molar-refractivity contribution < 1.29 is 14.3 Å². The number of nitrogen functional groups attached to an aromatic ring is 1. The van der Waals surface area contributed by atoms with Crippen LogP contribution in [-0.2, 0) is 0 Å². The molecule has 0 radical (unpaired) electrons. The Morgan fingerprint density at radius 1 is 1.50 bits per heavy atom. The number of nitrogens with one attached hydrogen (secondary N) is 1. The first-order valence-corrected chi connectivity index (χ1v) is 4.41. The van der Waals surface area contributed by atoms with Crippen molar-refractivity contribution >= 4 is 11.8 Å². The molecular weight excluding hydrogens is 213 g/mol. The van der Waals surface area contributed by atoms with Crippen molar-refractivity contribution in [1.82, 2.24) is 9.97 Å². The molecule has 0 amide bonds. The third kappa shape index (κ3) is 1.72. The van der Waals surface area contributed by atoms with Gasteiger partial charge in [0.15, 0.2) is 0 Å². The van der Waals surface area contributed by atoms with Crippen LogP contribution in [0, 0.1) is 5.82 Å². The fourth-order valence-corrected chi connectivity index (χ4v) is 1.35. The second-order valence-electron chi connectivity index (χ2n) is 3.19. The highest BCUT2D eigenvalue weighted by atomic mass is 19.1. The molecule has 6 heteroatoms. The van der Waals surface area contributed by atoms with Crippen molar-refractivity contribution in [2.24, 2.45) is 0 Å². The number of nitrogens with zero attached hydrogens (tertiary/aromatic N) is 1. The zero-order valence-corrected chi connectivity index (χ0v) is 8.07. The smallest absolute Gasteiger partial charge is 0.352 e. The second-order valence-corrected chi connectivity index (χ2v) is 3.19. The Kier molecular flexibility index (Phi) is 2.32. The topological polar surface area (TPSA) is 92.0 Å². The second kappa shape index (κ2) is 3.65. The van der Waals surface area contributed by atoms with Crippen LogP contribution in [-0.4, -0.2) is 21.0 Å². The zero-order chi connectivity index (χ0) is 11.7. The molecule has 2 rings (SSSR count). The van der Waals surface area contributed by atoms with Crippen molar-refractivity contribution in [3.63, 3.8) is 0 Å². The summed E-state index contributed by atoms with van der Waals surface area (Å²) in [5, 5.41) is 8.72. The summed E-state index contributed by atoms with van der Waals surface area (Å²) in [6.45, 7) is 0.